The highest BCUT2D eigenvalue weighted by Gasteiger charge is 2.34. The third-order valence-electron chi connectivity index (χ3n) is 4.59. The lowest BCUT2D eigenvalue weighted by atomic mass is 9.90. The molecule has 1 aromatic carbocycles. The van der Waals surface area contributed by atoms with Crippen LogP contribution in [0.15, 0.2) is 45.3 Å². The van der Waals surface area contributed by atoms with Crippen molar-refractivity contribution in [3.63, 3.8) is 0 Å². The van der Waals surface area contributed by atoms with E-state index in [0.29, 0.717) is 21.5 Å². The van der Waals surface area contributed by atoms with Gasteiger partial charge in [-0.1, -0.05) is 0 Å². The van der Waals surface area contributed by atoms with Crippen LogP contribution in [-0.4, -0.2) is 21.0 Å². The standard InChI is InChI=1S/C19H18BrN3O5/c1-10-17(22-9-12(20)7-15(18(22)25)21-11(2)24)14-8-13(23(26)27)5-6-16(14)28-19(10,3)4/h5-9H,1-4H3,(H,21,24). The maximum absolute atomic E-state index is 13.1. The quantitative estimate of drug-likeness (QED) is 0.566. The molecule has 0 bridgehead atoms. The molecule has 3 rings (SSSR count). The minimum Gasteiger partial charge on any atom is -0.483 e. The van der Waals surface area contributed by atoms with E-state index in [-0.39, 0.29) is 17.3 Å². The second-order valence-corrected chi connectivity index (χ2v) is 7.87. The molecule has 0 radical (unpaired) electrons. The molecule has 0 saturated carbocycles. The molecule has 146 valence electrons. The summed E-state index contributed by atoms with van der Waals surface area (Å²) in [6.45, 7) is 6.82. The van der Waals surface area contributed by atoms with Crippen molar-refractivity contribution < 1.29 is 14.5 Å². The number of carbonyl (C=O) groups excluding carboxylic acids is 1. The van der Waals surface area contributed by atoms with Crippen LogP contribution >= 0.6 is 15.9 Å². The Labute approximate surface area is 169 Å². The van der Waals surface area contributed by atoms with E-state index in [9.17, 15) is 19.7 Å². The molecule has 0 atom stereocenters. The smallest absolute Gasteiger partial charge is 0.278 e. The summed E-state index contributed by atoms with van der Waals surface area (Å²) in [4.78, 5) is 35.3. The Morgan fingerprint density at radius 3 is 2.61 bits per heavy atom. The van der Waals surface area contributed by atoms with Crippen LogP contribution in [0.2, 0.25) is 0 Å². The number of non-ortho nitro benzene ring substituents is 1. The number of nitro groups is 1. The van der Waals surface area contributed by atoms with Crippen LogP contribution in [0, 0.1) is 10.1 Å². The average molecular weight is 448 g/mol. The second-order valence-electron chi connectivity index (χ2n) is 6.95. The van der Waals surface area contributed by atoms with Crippen LogP contribution in [-0.2, 0) is 4.79 Å². The number of hydrogen-bond acceptors (Lipinski definition) is 5. The number of nitrogens with one attached hydrogen (secondary N) is 1. The monoisotopic (exact) mass is 447 g/mol. The number of pyridine rings is 1. The lowest BCUT2D eigenvalue weighted by Crippen LogP contribution is -2.36. The zero-order valence-corrected chi connectivity index (χ0v) is 17.3. The molecule has 2 aromatic rings. The summed E-state index contributed by atoms with van der Waals surface area (Å²) in [5.41, 5.74) is 0.412. The predicted octanol–water partition coefficient (Wildman–Crippen LogP) is 3.93. The minimum absolute atomic E-state index is 0.0958. The van der Waals surface area contributed by atoms with Crippen molar-refractivity contribution in [1.29, 1.82) is 0 Å². The summed E-state index contributed by atoms with van der Waals surface area (Å²) in [6, 6.07) is 5.78. The first-order valence-corrected chi connectivity index (χ1v) is 9.20. The maximum atomic E-state index is 13.1. The number of hydrogen-bond donors (Lipinski definition) is 1. The SMILES string of the molecule is CC(=O)Nc1cc(Br)cn(C2=C(C)C(C)(C)Oc3ccc([N+](=O)[O-])cc32)c1=O. The summed E-state index contributed by atoms with van der Waals surface area (Å²) in [7, 11) is 0. The molecule has 0 spiro atoms. The topological polar surface area (TPSA) is 103 Å². The number of carbonyl (C=O) groups is 1. The van der Waals surface area contributed by atoms with Gasteiger partial charge in [-0.25, -0.2) is 0 Å². The van der Waals surface area contributed by atoms with Gasteiger partial charge in [-0.05, 0) is 54.4 Å². The van der Waals surface area contributed by atoms with Gasteiger partial charge in [0.05, 0.1) is 10.6 Å². The zero-order chi connectivity index (χ0) is 20.8. The normalized spacial score (nSPS) is 14.9. The van der Waals surface area contributed by atoms with E-state index in [1.165, 1.54) is 35.8 Å². The highest BCUT2D eigenvalue weighted by atomic mass is 79.9. The van der Waals surface area contributed by atoms with Gasteiger partial charge in [-0.15, -0.1) is 0 Å². The molecule has 28 heavy (non-hydrogen) atoms. The zero-order valence-electron chi connectivity index (χ0n) is 15.7. The molecule has 9 heteroatoms. The van der Waals surface area contributed by atoms with Gasteiger partial charge >= 0.3 is 0 Å². The Hall–Kier alpha value is -2.94. The van der Waals surface area contributed by atoms with Crippen molar-refractivity contribution in [2.24, 2.45) is 0 Å². The van der Waals surface area contributed by atoms with Gasteiger partial charge in [0.15, 0.2) is 0 Å². The average Bonchev–Trinajstić information content (AvgIpc) is 2.58. The number of fused-ring (bicyclic) bond motifs is 1. The Morgan fingerprint density at radius 1 is 1.32 bits per heavy atom. The first kappa shape index (κ1) is 19.8. The van der Waals surface area contributed by atoms with Gasteiger partial charge in [0, 0.05) is 35.3 Å². The van der Waals surface area contributed by atoms with Gasteiger partial charge in [0.1, 0.15) is 17.0 Å². The molecule has 1 N–H and O–H groups in total. The van der Waals surface area contributed by atoms with Gasteiger partial charge in [0.2, 0.25) is 5.91 Å². The number of benzene rings is 1. The first-order chi connectivity index (χ1) is 13.0. The number of anilines is 1. The van der Waals surface area contributed by atoms with Gasteiger partial charge in [-0.3, -0.25) is 24.3 Å². The van der Waals surface area contributed by atoms with Gasteiger partial charge < -0.3 is 10.1 Å². The van der Waals surface area contributed by atoms with Crippen molar-refractivity contribution in [2.45, 2.75) is 33.3 Å². The Balaban J connectivity index is 2.36. The molecular weight excluding hydrogens is 430 g/mol. The Bertz CT molecular complexity index is 1100. The largest absolute Gasteiger partial charge is 0.483 e. The number of aromatic nitrogens is 1. The fourth-order valence-electron chi connectivity index (χ4n) is 3.05. The number of nitro benzene ring substituents is 1. The fraction of sp³-hybridized carbons (Fsp3) is 0.263. The number of amides is 1. The van der Waals surface area contributed by atoms with Crippen LogP contribution in [0.1, 0.15) is 33.3 Å². The van der Waals surface area contributed by atoms with Crippen molar-refractivity contribution in [3.8, 4) is 5.75 Å². The molecule has 1 aliphatic rings. The predicted molar refractivity (Wildman–Crippen MR) is 109 cm³/mol. The second kappa shape index (κ2) is 6.90. The lowest BCUT2D eigenvalue weighted by molar-refractivity contribution is -0.384. The van der Waals surface area contributed by atoms with E-state index in [2.05, 4.69) is 21.2 Å². The lowest BCUT2D eigenvalue weighted by Gasteiger charge is -2.36. The molecule has 0 saturated heterocycles. The van der Waals surface area contributed by atoms with E-state index in [0.717, 1.165) is 5.57 Å². The van der Waals surface area contributed by atoms with Crippen LogP contribution < -0.4 is 15.6 Å². The van der Waals surface area contributed by atoms with E-state index in [1.807, 2.05) is 20.8 Å². The number of ether oxygens (including phenoxy) is 1. The molecule has 0 aliphatic carbocycles. The Morgan fingerprint density at radius 2 is 2.00 bits per heavy atom. The Kier molecular flexibility index (Phi) is 4.88. The van der Waals surface area contributed by atoms with Crippen molar-refractivity contribution >= 4 is 38.9 Å². The highest BCUT2D eigenvalue weighted by Crippen LogP contribution is 2.42. The van der Waals surface area contributed by atoms with Gasteiger partial charge in [0.25, 0.3) is 11.2 Å². The molecule has 1 amide bonds. The fourth-order valence-corrected chi connectivity index (χ4v) is 3.48. The molecule has 0 unspecified atom stereocenters. The van der Waals surface area contributed by atoms with Crippen LogP contribution in [0.5, 0.6) is 5.75 Å². The maximum Gasteiger partial charge on any atom is 0.278 e. The van der Waals surface area contributed by atoms with Crippen LogP contribution in [0.4, 0.5) is 11.4 Å². The van der Waals surface area contributed by atoms with E-state index < -0.39 is 16.1 Å². The summed E-state index contributed by atoms with van der Waals surface area (Å²) in [5, 5.41) is 13.8. The van der Waals surface area contributed by atoms with Crippen LogP contribution in [0.3, 0.4) is 0 Å². The summed E-state index contributed by atoms with van der Waals surface area (Å²) in [6.07, 6.45) is 1.57. The van der Waals surface area contributed by atoms with E-state index in [4.69, 9.17) is 4.74 Å². The number of rotatable bonds is 3. The van der Waals surface area contributed by atoms with E-state index in [1.54, 1.807) is 6.20 Å². The molecule has 0 fully saturated rings. The number of nitrogens with zero attached hydrogens (tertiary/aromatic N) is 2. The van der Waals surface area contributed by atoms with Gasteiger partial charge in [-0.2, -0.15) is 0 Å². The van der Waals surface area contributed by atoms with E-state index >= 15 is 0 Å². The molecule has 8 nitrogen and oxygen atoms in total. The molecule has 2 heterocycles. The third kappa shape index (κ3) is 3.45. The molecule has 1 aliphatic heterocycles. The summed E-state index contributed by atoms with van der Waals surface area (Å²) < 4.78 is 7.94. The molecule has 1 aromatic heterocycles. The number of halogens is 1. The summed E-state index contributed by atoms with van der Waals surface area (Å²) in [5.74, 6) is 0.0555. The first-order valence-electron chi connectivity index (χ1n) is 8.40. The van der Waals surface area contributed by atoms with Crippen LogP contribution in [0.25, 0.3) is 5.70 Å². The third-order valence-corrected chi connectivity index (χ3v) is 5.02. The van der Waals surface area contributed by atoms with Crippen molar-refractivity contribution in [1.82, 2.24) is 4.57 Å². The highest BCUT2D eigenvalue weighted by molar-refractivity contribution is 9.10. The minimum atomic E-state index is -0.742. The molecular formula is C19H18BrN3O5. The van der Waals surface area contributed by atoms with Crippen molar-refractivity contribution in [3.05, 3.63) is 66.5 Å². The summed E-state index contributed by atoms with van der Waals surface area (Å²) >= 11 is 3.36. The van der Waals surface area contributed by atoms with Crippen molar-refractivity contribution in [2.75, 3.05) is 5.32 Å².